The van der Waals surface area contributed by atoms with Crippen molar-refractivity contribution in [1.82, 2.24) is 0 Å². The van der Waals surface area contributed by atoms with Crippen molar-refractivity contribution in [2.45, 2.75) is 38.5 Å². The first-order chi connectivity index (χ1) is 13.3. The molecule has 0 bridgehead atoms. The number of benzene rings is 1. The topological polar surface area (TPSA) is 85.3 Å². The van der Waals surface area contributed by atoms with Gasteiger partial charge in [-0.05, 0) is 35.8 Å². The van der Waals surface area contributed by atoms with E-state index >= 15 is 0 Å². The monoisotopic (exact) mass is 490 g/mol. The number of halogens is 1. The normalized spacial score (nSPS) is 24.4. The molecule has 1 amide bonds. The van der Waals surface area contributed by atoms with Gasteiger partial charge in [-0.15, -0.1) is 0 Å². The van der Waals surface area contributed by atoms with E-state index in [1.807, 2.05) is 30.9 Å². The summed E-state index contributed by atoms with van der Waals surface area (Å²) in [5.41, 5.74) is 0.721. The Morgan fingerprint density at radius 3 is 2.61 bits per heavy atom. The van der Waals surface area contributed by atoms with Crippen LogP contribution in [-0.4, -0.2) is 55.5 Å². The van der Waals surface area contributed by atoms with Gasteiger partial charge in [0.25, 0.3) is 0 Å². The van der Waals surface area contributed by atoms with Crippen LogP contribution >= 0.6 is 27.7 Å². The van der Waals surface area contributed by atoms with E-state index in [-0.39, 0.29) is 28.7 Å². The Labute approximate surface area is 177 Å². The molecule has 10 heteroatoms. The summed E-state index contributed by atoms with van der Waals surface area (Å²) in [5, 5.41) is 0.393. The van der Waals surface area contributed by atoms with Crippen molar-refractivity contribution in [3.05, 3.63) is 16.6 Å². The van der Waals surface area contributed by atoms with Crippen molar-refractivity contribution in [2.24, 2.45) is 4.99 Å². The third-order valence-electron chi connectivity index (χ3n) is 4.45. The lowest BCUT2D eigenvalue weighted by Gasteiger charge is -2.26. The van der Waals surface area contributed by atoms with Gasteiger partial charge in [0.15, 0.2) is 26.5 Å². The molecule has 2 saturated heterocycles. The van der Waals surface area contributed by atoms with E-state index in [0.29, 0.717) is 40.8 Å². The highest BCUT2D eigenvalue weighted by atomic mass is 79.9. The van der Waals surface area contributed by atoms with E-state index < -0.39 is 9.84 Å². The van der Waals surface area contributed by atoms with E-state index in [1.54, 1.807) is 6.92 Å². The number of carbonyl (C=O) groups excluding carboxylic acids is 1. The lowest BCUT2D eigenvalue weighted by molar-refractivity contribution is -0.117. The van der Waals surface area contributed by atoms with Crippen LogP contribution in [0, 0.1) is 0 Å². The highest BCUT2D eigenvalue weighted by molar-refractivity contribution is 9.10. The first kappa shape index (κ1) is 21.4. The fraction of sp³-hybridized carbons (Fsp3) is 0.556. The third-order valence-corrected chi connectivity index (χ3v) is 8.25. The van der Waals surface area contributed by atoms with Crippen LogP contribution in [0.1, 0.15) is 27.2 Å². The molecular formula is C18H23BrN2O5S2. The van der Waals surface area contributed by atoms with Gasteiger partial charge in [0.05, 0.1) is 35.2 Å². The number of anilines is 1. The maximum absolute atomic E-state index is 12.2. The van der Waals surface area contributed by atoms with Crippen molar-refractivity contribution < 1.29 is 22.7 Å². The largest absolute Gasteiger partial charge is 0.490 e. The van der Waals surface area contributed by atoms with Crippen molar-refractivity contribution in [1.29, 1.82) is 0 Å². The van der Waals surface area contributed by atoms with E-state index in [0.717, 1.165) is 5.69 Å². The lowest BCUT2D eigenvalue weighted by Crippen LogP contribution is -2.37. The molecular weight excluding hydrogens is 468 g/mol. The quantitative estimate of drug-likeness (QED) is 0.604. The Kier molecular flexibility index (Phi) is 6.61. The number of amidine groups is 1. The molecule has 0 aromatic heterocycles. The minimum atomic E-state index is -3.12. The molecule has 1 aromatic carbocycles. The summed E-state index contributed by atoms with van der Waals surface area (Å²) >= 11 is 4.89. The Balaban J connectivity index is 2.08. The standard InChI is InChI=1S/C18H23BrN2O5S2/c1-4-16(22)20-18-21(13-9-28(23,24)10-15(13)27-18)11-7-12(19)17(26-6-3)14(8-11)25-5-2/h7-8,13,15H,4-6,9-10H2,1-3H3/t13-,15+/m0/s1. The van der Waals surface area contributed by atoms with Crippen LogP contribution in [0.25, 0.3) is 0 Å². The number of hydrogen-bond acceptors (Lipinski definition) is 6. The summed E-state index contributed by atoms with van der Waals surface area (Å²) in [6.45, 7) is 6.47. The van der Waals surface area contributed by atoms with Gasteiger partial charge < -0.3 is 14.4 Å². The van der Waals surface area contributed by atoms with Crippen LogP contribution in [0.3, 0.4) is 0 Å². The second-order valence-electron chi connectivity index (χ2n) is 6.43. The molecule has 1 aromatic rings. The predicted octanol–water partition coefficient (Wildman–Crippen LogP) is 3.26. The second kappa shape index (κ2) is 8.62. The zero-order valence-electron chi connectivity index (χ0n) is 16.0. The Hall–Kier alpha value is -1.26. The van der Waals surface area contributed by atoms with Gasteiger partial charge in [0.1, 0.15) is 0 Å². The smallest absolute Gasteiger partial charge is 0.247 e. The van der Waals surface area contributed by atoms with Crippen LogP contribution in [0.15, 0.2) is 21.6 Å². The average molecular weight is 491 g/mol. The van der Waals surface area contributed by atoms with Gasteiger partial charge >= 0.3 is 0 Å². The molecule has 0 unspecified atom stereocenters. The summed E-state index contributed by atoms with van der Waals surface area (Å²) in [4.78, 5) is 18.1. The van der Waals surface area contributed by atoms with Gasteiger partial charge in [0, 0.05) is 23.4 Å². The lowest BCUT2D eigenvalue weighted by atomic mass is 10.2. The maximum atomic E-state index is 12.2. The maximum Gasteiger partial charge on any atom is 0.247 e. The SMILES string of the molecule is CCOc1cc(N2C(=NC(=O)CC)S[C@@H]3CS(=O)(=O)C[C@@H]32)cc(Br)c1OCC. The molecule has 28 heavy (non-hydrogen) atoms. The highest BCUT2D eigenvalue weighted by Crippen LogP contribution is 2.45. The van der Waals surface area contributed by atoms with Gasteiger partial charge in [-0.3, -0.25) is 4.79 Å². The molecule has 2 heterocycles. The van der Waals surface area contributed by atoms with E-state index in [2.05, 4.69) is 20.9 Å². The van der Waals surface area contributed by atoms with Crippen molar-refractivity contribution >= 4 is 54.3 Å². The Bertz CT molecular complexity index is 903. The molecule has 2 aliphatic rings. The summed E-state index contributed by atoms with van der Waals surface area (Å²) in [6, 6.07) is 3.41. The van der Waals surface area contributed by atoms with Crippen LogP contribution < -0.4 is 14.4 Å². The first-order valence-corrected chi connectivity index (χ1v) is 12.7. The average Bonchev–Trinajstić information content (AvgIpc) is 3.08. The van der Waals surface area contributed by atoms with Crippen molar-refractivity contribution in [3.63, 3.8) is 0 Å². The molecule has 0 radical (unpaired) electrons. The number of aliphatic imine (C=N–C) groups is 1. The number of hydrogen-bond donors (Lipinski definition) is 0. The summed E-state index contributed by atoms with van der Waals surface area (Å²) in [6.07, 6.45) is 0.294. The summed E-state index contributed by atoms with van der Waals surface area (Å²) in [5.74, 6) is 1.06. The highest BCUT2D eigenvalue weighted by Gasteiger charge is 2.49. The summed E-state index contributed by atoms with van der Waals surface area (Å²) in [7, 11) is -3.12. The third kappa shape index (κ3) is 4.33. The van der Waals surface area contributed by atoms with E-state index in [4.69, 9.17) is 9.47 Å². The zero-order chi connectivity index (χ0) is 20.5. The van der Waals surface area contributed by atoms with Gasteiger partial charge in [-0.2, -0.15) is 4.99 Å². The van der Waals surface area contributed by atoms with Crippen LogP contribution in [0.2, 0.25) is 0 Å². The molecule has 0 N–H and O–H groups in total. The number of ether oxygens (including phenoxy) is 2. The molecule has 2 fully saturated rings. The number of carbonyl (C=O) groups is 1. The minimum Gasteiger partial charge on any atom is -0.490 e. The molecule has 154 valence electrons. The Morgan fingerprint density at radius 2 is 1.96 bits per heavy atom. The minimum absolute atomic E-state index is 0.0405. The van der Waals surface area contributed by atoms with E-state index in [1.165, 1.54) is 11.8 Å². The van der Waals surface area contributed by atoms with Crippen molar-refractivity contribution in [2.75, 3.05) is 29.6 Å². The summed E-state index contributed by atoms with van der Waals surface area (Å²) < 4.78 is 36.5. The molecule has 0 spiro atoms. The van der Waals surface area contributed by atoms with Crippen LogP contribution in [0.5, 0.6) is 11.5 Å². The number of rotatable bonds is 6. The number of fused-ring (bicyclic) bond motifs is 1. The zero-order valence-corrected chi connectivity index (χ0v) is 19.2. The molecule has 2 aliphatic heterocycles. The fourth-order valence-electron chi connectivity index (χ4n) is 3.29. The number of nitrogens with zero attached hydrogens (tertiary/aromatic N) is 2. The van der Waals surface area contributed by atoms with Crippen LogP contribution in [-0.2, 0) is 14.6 Å². The van der Waals surface area contributed by atoms with Gasteiger partial charge in [-0.25, -0.2) is 8.42 Å². The predicted molar refractivity (Wildman–Crippen MR) is 116 cm³/mol. The number of thioether (sulfide) groups is 1. The van der Waals surface area contributed by atoms with Crippen LogP contribution in [0.4, 0.5) is 5.69 Å². The fourth-order valence-corrected chi connectivity index (χ4v) is 7.77. The van der Waals surface area contributed by atoms with Gasteiger partial charge in [0.2, 0.25) is 5.91 Å². The van der Waals surface area contributed by atoms with Gasteiger partial charge in [-0.1, -0.05) is 18.7 Å². The first-order valence-electron chi connectivity index (χ1n) is 9.16. The number of amides is 1. The van der Waals surface area contributed by atoms with E-state index in [9.17, 15) is 13.2 Å². The molecule has 0 saturated carbocycles. The second-order valence-corrected chi connectivity index (χ2v) is 10.6. The molecule has 7 nitrogen and oxygen atoms in total. The molecule has 3 rings (SSSR count). The number of sulfone groups is 1. The molecule has 0 aliphatic carbocycles. The van der Waals surface area contributed by atoms with Crippen molar-refractivity contribution in [3.8, 4) is 11.5 Å². The Morgan fingerprint density at radius 1 is 1.25 bits per heavy atom. The molecule has 2 atom stereocenters.